The van der Waals surface area contributed by atoms with E-state index in [4.69, 9.17) is 0 Å². The van der Waals surface area contributed by atoms with Crippen molar-refractivity contribution in [1.29, 1.82) is 0 Å². The Labute approximate surface area is 160 Å². The Kier molecular flexibility index (Phi) is 4.95. The number of nitrogens with one attached hydrogen (secondary N) is 2. The van der Waals surface area contributed by atoms with Crippen LogP contribution in [0.3, 0.4) is 0 Å². The molecule has 4 bridgehead atoms. The normalized spacial score (nSPS) is 31.0. The fourth-order valence-electron chi connectivity index (χ4n) is 6.01. The zero-order valence-corrected chi connectivity index (χ0v) is 16.0. The van der Waals surface area contributed by atoms with Crippen molar-refractivity contribution in [3.8, 4) is 0 Å². The molecule has 2 amide bonds. The van der Waals surface area contributed by atoms with E-state index in [1.165, 1.54) is 31.4 Å². The fraction of sp³-hybridized carbons (Fsp3) is 0.636. The number of carbonyl (C=O) groups is 2. The van der Waals surface area contributed by atoms with Crippen LogP contribution >= 0.6 is 0 Å². The van der Waals surface area contributed by atoms with Gasteiger partial charge in [0, 0.05) is 24.1 Å². The minimum atomic E-state index is -0.308. The number of hydrogen-bond donors (Lipinski definition) is 2. The minimum Gasteiger partial charge on any atom is -0.356 e. The summed E-state index contributed by atoms with van der Waals surface area (Å²) >= 11 is 0. The summed E-state index contributed by atoms with van der Waals surface area (Å²) in [6.45, 7) is 2.31. The molecule has 5 rings (SSSR count). The zero-order chi connectivity index (χ0) is 19.0. The molecule has 4 saturated carbocycles. The first-order valence-electron chi connectivity index (χ1n) is 10.3. The molecule has 1 aromatic carbocycles. The average molecular weight is 372 g/mol. The van der Waals surface area contributed by atoms with Crippen LogP contribution in [0.5, 0.6) is 0 Å². The molecule has 0 unspecified atom stereocenters. The molecule has 5 heteroatoms. The monoisotopic (exact) mass is 372 g/mol. The lowest BCUT2D eigenvalue weighted by Gasteiger charge is -2.55. The molecular weight excluding hydrogens is 343 g/mol. The molecule has 0 aromatic heterocycles. The second kappa shape index (κ2) is 7.25. The predicted molar refractivity (Wildman–Crippen MR) is 103 cm³/mol. The molecule has 4 nitrogen and oxygen atoms in total. The quantitative estimate of drug-likeness (QED) is 0.736. The Morgan fingerprint density at radius 3 is 2.33 bits per heavy atom. The second-order valence-electron chi connectivity index (χ2n) is 9.06. The van der Waals surface area contributed by atoms with Crippen molar-refractivity contribution < 1.29 is 14.0 Å². The van der Waals surface area contributed by atoms with Gasteiger partial charge in [0.1, 0.15) is 5.82 Å². The Balaban J connectivity index is 1.22. The van der Waals surface area contributed by atoms with Crippen LogP contribution in [-0.4, -0.2) is 18.4 Å². The maximum atomic E-state index is 13.1. The van der Waals surface area contributed by atoms with E-state index in [-0.39, 0.29) is 23.0 Å². The van der Waals surface area contributed by atoms with Crippen molar-refractivity contribution >= 4 is 17.5 Å². The van der Waals surface area contributed by atoms with E-state index in [0.717, 1.165) is 37.0 Å². The third-order valence-electron chi connectivity index (χ3n) is 6.85. The van der Waals surface area contributed by atoms with Gasteiger partial charge < -0.3 is 10.6 Å². The van der Waals surface area contributed by atoms with Crippen LogP contribution < -0.4 is 10.6 Å². The van der Waals surface area contributed by atoms with Gasteiger partial charge in [0.25, 0.3) is 0 Å². The van der Waals surface area contributed by atoms with Crippen LogP contribution in [-0.2, 0) is 9.59 Å². The number of anilines is 1. The maximum Gasteiger partial charge on any atom is 0.226 e. The molecule has 4 aliphatic rings. The van der Waals surface area contributed by atoms with Crippen molar-refractivity contribution in [2.45, 2.75) is 58.3 Å². The number of hydrogen-bond acceptors (Lipinski definition) is 2. The van der Waals surface area contributed by atoms with E-state index in [1.807, 2.05) is 0 Å². The SMILES string of the molecule is Cc1cc(F)ccc1NC(=O)CCCNC(=O)C12CC3CC(CC(C3)C1)C2. The molecule has 1 aromatic rings. The molecular formula is C22H29FN2O2. The standard InChI is InChI=1S/C22H29FN2O2/c1-14-7-18(23)4-5-19(14)25-20(26)3-2-6-24-21(27)22-11-15-8-16(12-22)10-17(9-15)13-22/h4-5,7,15-17H,2-3,6,8-13H2,1H3,(H,24,27)(H,25,26). The van der Waals surface area contributed by atoms with Crippen LogP contribution in [0.25, 0.3) is 0 Å². The third-order valence-corrected chi connectivity index (χ3v) is 6.85. The molecule has 0 aliphatic heterocycles. The Bertz CT molecular complexity index is 711. The summed E-state index contributed by atoms with van der Waals surface area (Å²) in [7, 11) is 0. The van der Waals surface area contributed by atoms with Crippen LogP contribution in [0.2, 0.25) is 0 Å². The fourth-order valence-corrected chi connectivity index (χ4v) is 6.01. The van der Waals surface area contributed by atoms with Crippen molar-refractivity contribution in [2.24, 2.45) is 23.2 Å². The highest BCUT2D eigenvalue weighted by Gasteiger charge is 2.54. The average Bonchev–Trinajstić information content (AvgIpc) is 2.60. The van der Waals surface area contributed by atoms with E-state index >= 15 is 0 Å². The van der Waals surface area contributed by atoms with Crippen molar-refractivity contribution in [3.05, 3.63) is 29.6 Å². The van der Waals surface area contributed by atoms with E-state index in [2.05, 4.69) is 10.6 Å². The lowest BCUT2D eigenvalue weighted by molar-refractivity contribution is -0.146. The maximum absolute atomic E-state index is 13.1. The van der Waals surface area contributed by atoms with Gasteiger partial charge in [0.15, 0.2) is 0 Å². The zero-order valence-electron chi connectivity index (χ0n) is 16.0. The number of aryl methyl sites for hydroxylation is 1. The molecule has 2 N–H and O–H groups in total. The van der Waals surface area contributed by atoms with Crippen LogP contribution in [0.1, 0.15) is 56.9 Å². The van der Waals surface area contributed by atoms with Gasteiger partial charge in [-0.1, -0.05) is 0 Å². The predicted octanol–water partition coefficient (Wildman–Crippen LogP) is 4.19. The highest BCUT2D eigenvalue weighted by molar-refractivity contribution is 5.91. The second-order valence-corrected chi connectivity index (χ2v) is 9.06. The van der Waals surface area contributed by atoms with Gasteiger partial charge in [0.05, 0.1) is 0 Å². The summed E-state index contributed by atoms with van der Waals surface area (Å²) < 4.78 is 13.1. The van der Waals surface area contributed by atoms with Crippen LogP contribution in [0, 0.1) is 35.9 Å². The van der Waals surface area contributed by atoms with Gasteiger partial charge in [-0.05, 0) is 93.4 Å². The van der Waals surface area contributed by atoms with Crippen molar-refractivity contribution in [3.63, 3.8) is 0 Å². The molecule has 27 heavy (non-hydrogen) atoms. The van der Waals surface area contributed by atoms with Gasteiger partial charge in [-0.2, -0.15) is 0 Å². The summed E-state index contributed by atoms with van der Waals surface area (Å²) in [6, 6.07) is 4.33. The minimum absolute atomic E-state index is 0.103. The summed E-state index contributed by atoms with van der Waals surface area (Å²) in [5, 5.41) is 5.93. The Morgan fingerprint density at radius 2 is 1.74 bits per heavy atom. The van der Waals surface area contributed by atoms with Crippen molar-refractivity contribution in [1.82, 2.24) is 5.32 Å². The van der Waals surface area contributed by atoms with Gasteiger partial charge >= 0.3 is 0 Å². The molecule has 4 aliphatic carbocycles. The van der Waals surface area contributed by atoms with E-state index in [0.29, 0.717) is 30.6 Å². The first kappa shape index (κ1) is 18.5. The van der Waals surface area contributed by atoms with Crippen LogP contribution in [0.15, 0.2) is 18.2 Å². The van der Waals surface area contributed by atoms with Crippen LogP contribution in [0.4, 0.5) is 10.1 Å². The first-order valence-corrected chi connectivity index (χ1v) is 10.3. The number of halogens is 1. The summed E-state index contributed by atoms with van der Waals surface area (Å²) in [5.41, 5.74) is 1.22. The highest BCUT2D eigenvalue weighted by atomic mass is 19.1. The summed E-state index contributed by atoms with van der Waals surface area (Å²) in [5.74, 6) is 2.08. The summed E-state index contributed by atoms with van der Waals surface area (Å²) in [4.78, 5) is 25.0. The lowest BCUT2D eigenvalue weighted by atomic mass is 9.49. The van der Waals surface area contributed by atoms with E-state index < -0.39 is 0 Å². The first-order chi connectivity index (χ1) is 12.9. The molecule has 0 saturated heterocycles. The van der Waals surface area contributed by atoms with E-state index in [1.54, 1.807) is 13.0 Å². The van der Waals surface area contributed by atoms with Crippen molar-refractivity contribution in [2.75, 3.05) is 11.9 Å². The number of carbonyl (C=O) groups excluding carboxylic acids is 2. The molecule has 146 valence electrons. The number of amides is 2. The van der Waals surface area contributed by atoms with E-state index in [9.17, 15) is 14.0 Å². The highest BCUT2D eigenvalue weighted by Crippen LogP contribution is 2.60. The Morgan fingerprint density at radius 1 is 1.11 bits per heavy atom. The van der Waals surface area contributed by atoms with Gasteiger partial charge in [0.2, 0.25) is 11.8 Å². The van der Waals surface area contributed by atoms with Gasteiger partial charge in [-0.15, -0.1) is 0 Å². The molecule has 4 fully saturated rings. The summed E-state index contributed by atoms with van der Waals surface area (Å²) in [6.07, 6.45) is 8.14. The number of rotatable bonds is 6. The molecule has 0 radical (unpaired) electrons. The van der Waals surface area contributed by atoms with Gasteiger partial charge in [-0.25, -0.2) is 4.39 Å². The van der Waals surface area contributed by atoms with Gasteiger partial charge in [-0.3, -0.25) is 9.59 Å². The smallest absolute Gasteiger partial charge is 0.226 e. The largest absolute Gasteiger partial charge is 0.356 e. The molecule has 0 atom stereocenters. The molecule has 0 spiro atoms. The number of benzene rings is 1. The topological polar surface area (TPSA) is 58.2 Å². The molecule has 0 heterocycles. The lowest BCUT2D eigenvalue weighted by Crippen LogP contribution is -2.53. The third kappa shape index (κ3) is 3.87. The Hall–Kier alpha value is -1.91.